The maximum absolute atomic E-state index is 11.6. The van der Waals surface area contributed by atoms with Crippen LogP contribution in [-0.4, -0.2) is 23.0 Å². The maximum Gasteiger partial charge on any atom is 0.133 e. The van der Waals surface area contributed by atoms with E-state index in [1.54, 1.807) is 6.92 Å². The van der Waals surface area contributed by atoms with Crippen molar-refractivity contribution < 1.29 is 9.90 Å². The summed E-state index contributed by atoms with van der Waals surface area (Å²) in [4.78, 5) is 11.6. The van der Waals surface area contributed by atoms with Crippen LogP contribution in [0.4, 0.5) is 0 Å². The minimum atomic E-state index is -0.461. The van der Waals surface area contributed by atoms with Gasteiger partial charge in [0.2, 0.25) is 0 Å². The normalized spacial score (nSPS) is 33.1. The molecule has 0 saturated heterocycles. The van der Waals surface area contributed by atoms with Gasteiger partial charge in [0.1, 0.15) is 5.78 Å². The molecule has 5 atom stereocenters. The first kappa shape index (κ1) is 14.7. The van der Waals surface area contributed by atoms with Crippen LogP contribution in [0.2, 0.25) is 0 Å². The molecule has 0 radical (unpaired) electrons. The number of rotatable bonds is 5. The third kappa shape index (κ3) is 4.07. The van der Waals surface area contributed by atoms with Gasteiger partial charge in [0.15, 0.2) is 0 Å². The van der Waals surface area contributed by atoms with Crippen molar-refractivity contribution in [1.82, 2.24) is 0 Å². The predicted octanol–water partition coefficient (Wildman–Crippen LogP) is 2.12. The Morgan fingerprint density at radius 1 is 1.47 bits per heavy atom. The van der Waals surface area contributed by atoms with E-state index in [-0.39, 0.29) is 17.7 Å². The SMILES string of the molecule is CCC(N)C(O)CC1CC(C)CCC1C(C)=O. The van der Waals surface area contributed by atoms with Crippen LogP contribution in [0.1, 0.15) is 52.9 Å². The standard InChI is InChI=1S/C14H27NO2/c1-4-13(15)14(17)8-11-7-9(2)5-6-12(11)10(3)16/h9,11-14,17H,4-8,15H2,1-3H3. The number of carbonyl (C=O) groups is 1. The second-order valence-corrected chi connectivity index (χ2v) is 5.77. The molecule has 3 heteroatoms. The predicted molar refractivity (Wildman–Crippen MR) is 69.6 cm³/mol. The zero-order chi connectivity index (χ0) is 13.0. The van der Waals surface area contributed by atoms with Crippen LogP contribution in [0, 0.1) is 17.8 Å². The van der Waals surface area contributed by atoms with E-state index >= 15 is 0 Å². The minimum absolute atomic E-state index is 0.143. The molecule has 17 heavy (non-hydrogen) atoms. The number of nitrogens with two attached hydrogens (primary N) is 1. The highest BCUT2D eigenvalue weighted by molar-refractivity contribution is 5.78. The van der Waals surface area contributed by atoms with Crippen molar-refractivity contribution in [2.75, 3.05) is 0 Å². The van der Waals surface area contributed by atoms with Gasteiger partial charge in [-0.3, -0.25) is 4.79 Å². The lowest BCUT2D eigenvalue weighted by Gasteiger charge is -2.35. The van der Waals surface area contributed by atoms with Gasteiger partial charge in [0, 0.05) is 12.0 Å². The molecule has 0 spiro atoms. The Hall–Kier alpha value is -0.410. The van der Waals surface area contributed by atoms with Crippen molar-refractivity contribution >= 4 is 5.78 Å². The molecule has 0 aromatic carbocycles. The van der Waals surface area contributed by atoms with Gasteiger partial charge in [0.05, 0.1) is 6.10 Å². The highest BCUT2D eigenvalue weighted by Gasteiger charge is 2.33. The quantitative estimate of drug-likeness (QED) is 0.775. The minimum Gasteiger partial charge on any atom is -0.392 e. The fourth-order valence-electron chi connectivity index (χ4n) is 3.05. The lowest BCUT2D eigenvalue weighted by Crippen LogP contribution is -2.39. The van der Waals surface area contributed by atoms with Crippen molar-refractivity contribution in [3.63, 3.8) is 0 Å². The van der Waals surface area contributed by atoms with Crippen LogP contribution in [0.5, 0.6) is 0 Å². The van der Waals surface area contributed by atoms with E-state index in [4.69, 9.17) is 5.73 Å². The van der Waals surface area contributed by atoms with Gasteiger partial charge in [-0.05, 0) is 44.4 Å². The zero-order valence-electron chi connectivity index (χ0n) is 11.4. The first-order chi connectivity index (χ1) is 7.95. The lowest BCUT2D eigenvalue weighted by atomic mass is 9.70. The summed E-state index contributed by atoms with van der Waals surface area (Å²) in [6, 6.07) is -0.153. The van der Waals surface area contributed by atoms with E-state index < -0.39 is 6.10 Å². The Bertz CT molecular complexity index is 255. The van der Waals surface area contributed by atoms with Gasteiger partial charge in [-0.1, -0.05) is 20.3 Å². The maximum atomic E-state index is 11.6. The van der Waals surface area contributed by atoms with Gasteiger partial charge in [-0.15, -0.1) is 0 Å². The van der Waals surface area contributed by atoms with Crippen LogP contribution < -0.4 is 5.73 Å². The summed E-state index contributed by atoms with van der Waals surface area (Å²) in [5, 5.41) is 10.0. The van der Waals surface area contributed by atoms with Crippen LogP contribution in [0.3, 0.4) is 0 Å². The largest absolute Gasteiger partial charge is 0.392 e. The first-order valence-electron chi connectivity index (χ1n) is 6.89. The molecule has 0 heterocycles. The topological polar surface area (TPSA) is 63.3 Å². The Labute approximate surface area is 105 Å². The number of carbonyl (C=O) groups excluding carboxylic acids is 1. The second kappa shape index (κ2) is 6.50. The van der Waals surface area contributed by atoms with E-state index in [9.17, 15) is 9.90 Å². The van der Waals surface area contributed by atoms with Gasteiger partial charge >= 0.3 is 0 Å². The molecule has 0 bridgehead atoms. The van der Waals surface area contributed by atoms with Crippen LogP contribution >= 0.6 is 0 Å². The zero-order valence-corrected chi connectivity index (χ0v) is 11.4. The van der Waals surface area contributed by atoms with Crippen molar-refractivity contribution in [2.24, 2.45) is 23.5 Å². The Kier molecular flexibility index (Phi) is 5.60. The molecular formula is C14H27NO2. The molecule has 1 aliphatic carbocycles. The molecule has 5 unspecified atom stereocenters. The van der Waals surface area contributed by atoms with E-state index in [0.29, 0.717) is 18.3 Å². The average Bonchev–Trinajstić information content (AvgIpc) is 2.27. The molecule has 100 valence electrons. The summed E-state index contributed by atoms with van der Waals surface area (Å²) in [5.41, 5.74) is 5.85. The Morgan fingerprint density at radius 3 is 2.65 bits per heavy atom. The summed E-state index contributed by atoms with van der Waals surface area (Å²) in [7, 11) is 0. The summed E-state index contributed by atoms with van der Waals surface area (Å²) >= 11 is 0. The fourth-order valence-corrected chi connectivity index (χ4v) is 3.05. The molecular weight excluding hydrogens is 214 g/mol. The molecule has 1 fully saturated rings. The van der Waals surface area contributed by atoms with Gasteiger partial charge in [0.25, 0.3) is 0 Å². The van der Waals surface area contributed by atoms with Gasteiger partial charge in [-0.2, -0.15) is 0 Å². The second-order valence-electron chi connectivity index (χ2n) is 5.77. The molecule has 3 nitrogen and oxygen atoms in total. The van der Waals surface area contributed by atoms with Gasteiger partial charge in [-0.25, -0.2) is 0 Å². The number of aliphatic hydroxyl groups excluding tert-OH is 1. The smallest absolute Gasteiger partial charge is 0.133 e. The molecule has 1 rings (SSSR count). The van der Waals surface area contributed by atoms with E-state index in [1.807, 2.05) is 6.92 Å². The van der Waals surface area contributed by atoms with E-state index in [2.05, 4.69) is 6.92 Å². The Morgan fingerprint density at radius 2 is 2.12 bits per heavy atom. The van der Waals surface area contributed by atoms with Crippen molar-refractivity contribution in [3.05, 3.63) is 0 Å². The molecule has 0 aliphatic heterocycles. The van der Waals surface area contributed by atoms with E-state index in [0.717, 1.165) is 25.7 Å². The number of aliphatic hydroxyl groups is 1. The van der Waals surface area contributed by atoms with E-state index in [1.165, 1.54) is 0 Å². The third-order valence-electron chi connectivity index (χ3n) is 4.28. The number of Topliss-reactive ketones (excluding diaryl/α,β-unsaturated/α-hetero) is 1. The fraction of sp³-hybridized carbons (Fsp3) is 0.929. The number of hydrogen-bond acceptors (Lipinski definition) is 3. The highest BCUT2D eigenvalue weighted by atomic mass is 16.3. The summed E-state index contributed by atoms with van der Waals surface area (Å²) < 4.78 is 0. The highest BCUT2D eigenvalue weighted by Crippen LogP contribution is 2.37. The summed E-state index contributed by atoms with van der Waals surface area (Å²) in [6.07, 6.45) is 4.18. The number of ketones is 1. The molecule has 0 aromatic heterocycles. The molecule has 1 saturated carbocycles. The van der Waals surface area contributed by atoms with Gasteiger partial charge < -0.3 is 10.8 Å². The summed E-state index contributed by atoms with van der Waals surface area (Å²) in [6.45, 7) is 5.90. The summed E-state index contributed by atoms with van der Waals surface area (Å²) in [5.74, 6) is 1.41. The number of hydrogen-bond donors (Lipinski definition) is 2. The van der Waals surface area contributed by atoms with Crippen LogP contribution in [0.25, 0.3) is 0 Å². The molecule has 0 amide bonds. The first-order valence-corrected chi connectivity index (χ1v) is 6.89. The van der Waals surface area contributed by atoms with Crippen LogP contribution in [-0.2, 0) is 4.79 Å². The molecule has 0 aromatic rings. The Balaban J connectivity index is 2.60. The third-order valence-corrected chi connectivity index (χ3v) is 4.28. The van der Waals surface area contributed by atoms with Crippen LogP contribution in [0.15, 0.2) is 0 Å². The van der Waals surface area contributed by atoms with Crippen molar-refractivity contribution in [1.29, 1.82) is 0 Å². The van der Waals surface area contributed by atoms with Crippen molar-refractivity contribution in [3.8, 4) is 0 Å². The molecule has 3 N–H and O–H groups in total. The lowest BCUT2D eigenvalue weighted by molar-refractivity contribution is -0.124. The van der Waals surface area contributed by atoms with Crippen molar-refractivity contribution in [2.45, 2.75) is 65.0 Å². The monoisotopic (exact) mass is 241 g/mol. The average molecular weight is 241 g/mol. The molecule has 1 aliphatic rings.